The van der Waals surface area contributed by atoms with Gasteiger partial charge in [0.05, 0.1) is 6.61 Å². The number of hydrogen-bond acceptors (Lipinski definition) is 4. The second-order valence-corrected chi connectivity index (χ2v) is 5.65. The highest BCUT2D eigenvalue weighted by Gasteiger charge is 2.24. The molecule has 0 aromatic heterocycles. The first-order valence-corrected chi connectivity index (χ1v) is 8.05. The number of nitrogens with one attached hydrogen (secondary N) is 2. The highest BCUT2D eigenvalue weighted by atomic mass is 16.5. The molecule has 2 amide bonds. The minimum atomic E-state index is -1.14. The molecule has 1 aliphatic rings. The van der Waals surface area contributed by atoms with E-state index in [1.54, 1.807) is 18.2 Å². The van der Waals surface area contributed by atoms with Crippen molar-refractivity contribution in [3.63, 3.8) is 0 Å². The van der Waals surface area contributed by atoms with Crippen molar-refractivity contribution in [3.05, 3.63) is 29.3 Å². The lowest BCUT2D eigenvalue weighted by Crippen LogP contribution is -2.34. The van der Waals surface area contributed by atoms with Crippen LogP contribution in [0.25, 0.3) is 0 Å². The van der Waals surface area contributed by atoms with E-state index in [1.165, 1.54) is 0 Å². The van der Waals surface area contributed by atoms with Crippen LogP contribution < -0.4 is 15.4 Å². The number of benzene rings is 1. The Hall–Kier alpha value is -2.57. The van der Waals surface area contributed by atoms with Crippen molar-refractivity contribution in [2.24, 2.45) is 0 Å². The zero-order valence-electron chi connectivity index (χ0n) is 13.6. The third kappa shape index (κ3) is 4.71. The molecular weight excluding hydrogens is 312 g/mol. The van der Waals surface area contributed by atoms with Gasteiger partial charge in [-0.05, 0) is 29.7 Å². The molecule has 0 saturated carbocycles. The van der Waals surface area contributed by atoms with Crippen LogP contribution in [0.3, 0.4) is 0 Å². The summed E-state index contributed by atoms with van der Waals surface area (Å²) in [7, 11) is 0. The first kappa shape index (κ1) is 17.8. The van der Waals surface area contributed by atoms with E-state index in [4.69, 9.17) is 4.74 Å². The number of carbonyl (C=O) groups excluding carboxylic acids is 2. The summed E-state index contributed by atoms with van der Waals surface area (Å²) in [6.45, 7) is 3.08. The van der Waals surface area contributed by atoms with Crippen molar-refractivity contribution in [1.29, 1.82) is 0 Å². The largest absolute Gasteiger partial charge is 0.493 e. The van der Waals surface area contributed by atoms with Gasteiger partial charge in [0.2, 0.25) is 11.8 Å². The van der Waals surface area contributed by atoms with E-state index in [9.17, 15) is 19.5 Å². The molecule has 1 unspecified atom stereocenters. The molecule has 0 bridgehead atoms. The fourth-order valence-electron chi connectivity index (χ4n) is 2.49. The molecule has 0 saturated heterocycles. The average Bonchev–Trinajstić information content (AvgIpc) is 3.03. The van der Waals surface area contributed by atoms with Gasteiger partial charge < -0.3 is 20.5 Å². The fourth-order valence-corrected chi connectivity index (χ4v) is 2.49. The minimum absolute atomic E-state index is 0.0379. The van der Waals surface area contributed by atoms with Gasteiger partial charge in [-0.2, -0.15) is 0 Å². The van der Waals surface area contributed by atoms with Crippen molar-refractivity contribution in [2.75, 3.05) is 13.2 Å². The van der Waals surface area contributed by atoms with E-state index in [0.717, 1.165) is 24.2 Å². The number of amides is 2. The fraction of sp³-hybridized carbons (Fsp3) is 0.471. The van der Waals surface area contributed by atoms with Crippen LogP contribution in [0.15, 0.2) is 18.2 Å². The first-order valence-electron chi connectivity index (χ1n) is 8.05. The summed E-state index contributed by atoms with van der Waals surface area (Å²) < 4.78 is 5.39. The van der Waals surface area contributed by atoms with E-state index in [2.05, 4.69) is 10.6 Å². The summed E-state index contributed by atoms with van der Waals surface area (Å²) >= 11 is 0. The quantitative estimate of drug-likeness (QED) is 0.662. The second kappa shape index (κ2) is 8.33. The van der Waals surface area contributed by atoms with Crippen LogP contribution in [-0.4, -0.2) is 36.0 Å². The molecule has 1 aliphatic heterocycles. The number of aliphatic carboxylic acids is 1. The van der Waals surface area contributed by atoms with Crippen LogP contribution in [0, 0.1) is 0 Å². The van der Waals surface area contributed by atoms with Crippen LogP contribution >= 0.6 is 0 Å². The summed E-state index contributed by atoms with van der Waals surface area (Å²) in [6.07, 6.45) is 1.53. The number of carboxylic acids is 1. The molecule has 0 aliphatic carbocycles. The number of carbonyl (C=O) groups is 3. The topological polar surface area (TPSA) is 105 Å². The lowest BCUT2D eigenvalue weighted by molar-refractivity contribution is -0.142. The SMILES string of the molecule is CCCNC(=O)CCC(=O)NC(C(=O)O)c1ccc2c(c1)CCO2. The standard InChI is InChI=1S/C17H22N2O5/c1-2-8-18-14(20)5-6-15(21)19-16(17(22)23)12-3-4-13-11(10-12)7-9-24-13/h3-4,10,16H,2,5-9H2,1H3,(H,18,20)(H,19,21)(H,22,23). The van der Waals surface area contributed by atoms with Crippen LogP contribution in [-0.2, 0) is 20.8 Å². The lowest BCUT2D eigenvalue weighted by Gasteiger charge is -2.16. The van der Waals surface area contributed by atoms with E-state index < -0.39 is 17.9 Å². The van der Waals surface area contributed by atoms with Crippen molar-refractivity contribution in [1.82, 2.24) is 10.6 Å². The minimum Gasteiger partial charge on any atom is -0.493 e. The maximum Gasteiger partial charge on any atom is 0.330 e. The number of hydrogen-bond donors (Lipinski definition) is 3. The zero-order valence-corrected chi connectivity index (χ0v) is 13.6. The van der Waals surface area contributed by atoms with Gasteiger partial charge in [0.25, 0.3) is 0 Å². The molecule has 7 nitrogen and oxygen atoms in total. The summed E-state index contributed by atoms with van der Waals surface area (Å²) in [5, 5.41) is 14.5. The summed E-state index contributed by atoms with van der Waals surface area (Å²) in [5.41, 5.74) is 1.43. The van der Waals surface area contributed by atoms with Crippen molar-refractivity contribution in [2.45, 2.75) is 38.6 Å². The van der Waals surface area contributed by atoms with Crippen molar-refractivity contribution >= 4 is 17.8 Å². The predicted molar refractivity (Wildman–Crippen MR) is 86.7 cm³/mol. The van der Waals surface area contributed by atoms with Gasteiger partial charge >= 0.3 is 5.97 Å². The predicted octanol–water partition coefficient (Wildman–Crippen LogP) is 1.17. The number of ether oxygens (including phenoxy) is 1. The smallest absolute Gasteiger partial charge is 0.330 e. The van der Waals surface area contributed by atoms with Crippen molar-refractivity contribution in [3.8, 4) is 5.75 Å². The molecule has 130 valence electrons. The number of rotatable bonds is 8. The van der Waals surface area contributed by atoms with Gasteiger partial charge in [-0.1, -0.05) is 13.0 Å². The van der Waals surface area contributed by atoms with Gasteiger partial charge in [0.1, 0.15) is 5.75 Å². The molecule has 0 spiro atoms. The van der Waals surface area contributed by atoms with Crippen molar-refractivity contribution < 1.29 is 24.2 Å². The Bertz CT molecular complexity index is 629. The Balaban J connectivity index is 1.95. The first-order chi connectivity index (χ1) is 11.5. The lowest BCUT2D eigenvalue weighted by atomic mass is 10.0. The summed E-state index contributed by atoms with van der Waals surface area (Å²) in [6, 6.07) is 3.96. The highest BCUT2D eigenvalue weighted by Crippen LogP contribution is 2.28. The second-order valence-electron chi connectivity index (χ2n) is 5.65. The molecule has 1 aromatic carbocycles. The van der Waals surface area contributed by atoms with Crippen LogP contribution in [0.2, 0.25) is 0 Å². The third-order valence-corrected chi connectivity index (χ3v) is 3.75. The maximum atomic E-state index is 12.0. The Labute approximate surface area is 140 Å². The Kier molecular flexibility index (Phi) is 6.17. The van der Waals surface area contributed by atoms with Gasteiger partial charge in [-0.25, -0.2) is 4.79 Å². The van der Waals surface area contributed by atoms with Crippen LogP contribution in [0.1, 0.15) is 43.4 Å². The zero-order chi connectivity index (χ0) is 17.5. The Morgan fingerprint density at radius 2 is 2.00 bits per heavy atom. The average molecular weight is 334 g/mol. The van der Waals surface area contributed by atoms with Gasteiger partial charge in [-0.3, -0.25) is 9.59 Å². The molecule has 24 heavy (non-hydrogen) atoms. The van der Waals surface area contributed by atoms with Gasteiger partial charge in [0.15, 0.2) is 6.04 Å². The molecule has 0 radical (unpaired) electrons. The molecule has 7 heteroatoms. The van der Waals surface area contributed by atoms with E-state index in [1.807, 2.05) is 6.92 Å². The number of carboxylic acid groups (broad SMARTS) is 1. The normalized spacial score (nSPS) is 13.5. The van der Waals surface area contributed by atoms with Crippen LogP contribution in [0.4, 0.5) is 0 Å². The molecule has 1 aromatic rings. The molecule has 1 atom stereocenters. The summed E-state index contributed by atoms with van der Waals surface area (Å²) in [5.74, 6) is -1.07. The third-order valence-electron chi connectivity index (χ3n) is 3.75. The van der Waals surface area contributed by atoms with E-state index in [-0.39, 0.29) is 18.7 Å². The molecule has 1 heterocycles. The van der Waals surface area contributed by atoms with Gasteiger partial charge in [0, 0.05) is 25.8 Å². The Morgan fingerprint density at radius 1 is 1.25 bits per heavy atom. The Morgan fingerprint density at radius 3 is 2.71 bits per heavy atom. The maximum absolute atomic E-state index is 12.0. The van der Waals surface area contributed by atoms with E-state index in [0.29, 0.717) is 18.7 Å². The summed E-state index contributed by atoms with van der Waals surface area (Å²) in [4.78, 5) is 35.0. The monoisotopic (exact) mass is 334 g/mol. The molecule has 0 fully saturated rings. The van der Waals surface area contributed by atoms with Crippen LogP contribution in [0.5, 0.6) is 5.75 Å². The number of fused-ring (bicyclic) bond motifs is 1. The molecule has 3 N–H and O–H groups in total. The molecule has 2 rings (SSSR count). The highest BCUT2D eigenvalue weighted by molar-refractivity contribution is 5.87. The van der Waals surface area contributed by atoms with Gasteiger partial charge in [-0.15, -0.1) is 0 Å². The molecular formula is C17H22N2O5. The van der Waals surface area contributed by atoms with E-state index >= 15 is 0 Å².